The van der Waals surface area contributed by atoms with Crippen LogP contribution >= 0.6 is 0 Å². The van der Waals surface area contributed by atoms with Crippen molar-refractivity contribution in [1.29, 1.82) is 0 Å². The van der Waals surface area contributed by atoms with E-state index >= 15 is 0 Å². The number of aryl methyl sites for hydroxylation is 1. The Morgan fingerprint density at radius 3 is 2.29 bits per heavy atom. The van der Waals surface area contributed by atoms with E-state index in [1.54, 1.807) is 24.3 Å². The minimum Gasteiger partial charge on any atom is -0.288 e. The molecule has 0 atom stereocenters. The molecule has 0 fully saturated rings. The van der Waals surface area contributed by atoms with Gasteiger partial charge in [0.1, 0.15) is 5.82 Å². The highest BCUT2D eigenvalue weighted by Crippen LogP contribution is 2.27. The summed E-state index contributed by atoms with van der Waals surface area (Å²) in [6, 6.07) is 12.1. The average molecular weight is 284 g/mol. The van der Waals surface area contributed by atoms with Gasteiger partial charge in [0.15, 0.2) is 5.78 Å². The topological polar surface area (TPSA) is 17.1 Å². The molecule has 0 aliphatic heterocycles. The number of hydrogen-bond acceptors (Lipinski definition) is 1. The van der Waals surface area contributed by atoms with Crippen LogP contribution in [0.1, 0.15) is 54.2 Å². The number of benzene rings is 2. The lowest BCUT2D eigenvalue weighted by Gasteiger charge is -2.23. The van der Waals surface area contributed by atoms with Gasteiger partial charge >= 0.3 is 0 Å². The van der Waals surface area contributed by atoms with Crippen molar-refractivity contribution in [3.63, 3.8) is 0 Å². The van der Waals surface area contributed by atoms with E-state index in [2.05, 4.69) is 20.8 Å². The van der Waals surface area contributed by atoms with Crippen molar-refractivity contribution >= 4 is 5.78 Å². The summed E-state index contributed by atoms with van der Waals surface area (Å²) in [5, 5.41) is 0. The largest absolute Gasteiger partial charge is 0.288 e. The van der Waals surface area contributed by atoms with E-state index in [1.807, 2.05) is 19.1 Å². The maximum absolute atomic E-state index is 13.8. The molecule has 0 aliphatic rings. The van der Waals surface area contributed by atoms with Gasteiger partial charge in [-0.25, -0.2) is 4.39 Å². The van der Waals surface area contributed by atoms with Gasteiger partial charge in [-0.15, -0.1) is 0 Å². The molecular formula is C19H21FO. The lowest BCUT2D eigenvalue weighted by Crippen LogP contribution is -2.15. The Hall–Kier alpha value is -1.96. The third kappa shape index (κ3) is 3.21. The zero-order valence-corrected chi connectivity index (χ0v) is 13.0. The van der Waals surface area contributed by atoms with Crippen molar-refractivity contribution < 1.29 is 9.18 Å². The van der Waals surface area contributed by atoms with Gasteiger partial charge in [0.2, 0.25) is 0 Å². The van der Waals surface area contributed by atoms with E-state index in [9.17, 15) is 9.18 Å². The summed E-state index contributed by atoms with van der Waals surface area (Å²) in [6.45, 7) is 8.33. The monoisotopic (exact) mass is 284 g/mol. The first kappa shape index (κ1) is 15.4. The second-order valence-corrected chi connectivity index (χ2v) is 6.13. The molecule has 0 N–H and O–H groups in total. The molecule has 0 bridgehead atoms. The van der Waals surface area contributed by atoms with Gasteiger partial charge in [0, 0.05) is 5.56 Å². The zero-order chi connectivity index (χ0) is 15.6. The summed E-state index contributed by atoms with van der Waals surface area (Å²) in [5.74, 6) is -0.736. The van der Waals surface area contributed by atoms with Crippen LogP contribution in [0.25, 0.3) is 0 Å². The number of hydrogen-bond donors (Lipinski definition) is 0. The van der Waals surface area contributed by atoms with E-state index in [0.717, 1.165) is 12.0 Å². The molecule has 0 saturated carbocycles. The molecule has 21 heavy (non-hydrogen) atoms. The fourth-order valence-corrected chi connectivity index (χ4v) is 2.25. The molecule has 2 heteroatoms. The molecule has 2 aromatic rings. The quantitative estimate of drug-likeness (QED) is 0.718. The molecule has 2 aromatic carbocycles. The number of rotatable bonds is 4. The second-order valence-electron chi connectivity index (χ2n) is 6.13. The smallest absolute Gasteiger partial charge is 0.195 e. The first-order valence-electron chi connectivity index (χ1n) is 7.26. The van der Waals surface area contributed by atoms with Crippen LogP contribution < -0.4 is 0 Å². The third-order valence-corrected chi connectivity index (χ3v) is 4.18. The minimum atomic E-state index is -0.469. The van der Waals surface area contributed by atoms with Gasteiger partial charge in [0.05, 0.1) is 5.56 Å². The fraction of sp³-hybridized carbons (Fsp3) is 0.316. The van der Waals surface area contributed by atoms with Gasteiger partial charge < -0.3 is 0 Å². The van der Waals surface area contributed by atoms with Gasteiger partial charge in [-0.1, -0.05) is 56.7 Å². The number of carbonyl (C=O) groups excluding carboxylic acids is 1. The Kier molecular flexibility index (Phi) is 4.26. The molecule has 0 saturated heterocycles. The van der Waals surface area contributed by atoms with Crippen LogP contribution in [0.4, 0.5) is 4.39 Å². The lowest BCUT2D eigenvalue weighted by molar-refractivity contribution is 0.103. The summed E-state index contributed by atoms with van der Waals surface area (Å²) >= 11 is 0. The van der Waals surface area contributed by atoms with Gasteiger partial charge in [0.25, 0.3) is 0 Å². The SMILES string of the molecule is CCC(C)(C)c1ccc(C(=O)c2cc(C)ccc2F)cc1. The van der Waals surface area contributed by atoms with E-state index < -0.39 is 5.82 Å². The number of ketones is 1. The first-order valence-corrected chi connectivity index (χ1v) is 7.26. The molecule has 0 heterocycles. The van der Waals surface area contributed by atoms with Gasteiger partial charge in [-0.2, -0.15) is 0 Å². The van der Waals surface area contributed by atoms with E-state index in [4.69, 9.17) is 0 Å². The number of carbonyl (C=O) groups is 1. The Labute approximate surface area is 125 Å². The second kappa shape index (κ2) is 5.80. The highest BCUT2D eigenvalue weighted by molar-refractivity contribution is 6.09. The molecule has 0 spiro atoms. The fourth-order valence-electron chi connectivity index (χ4n) is 2.25. The van der Waals surface area contributed by atoms with E-state index in [0.29, 0.717) is 5.56 Å². The maximum atomic E-state index is 13.8. The summed E-state index contributed by atoms with van der Waals surface area (Å²) in [6.07, 6.45) is 1.02. The van der Waals surface area contributed by atoms with Crippen LogP contribution in [0, 0.1) is 12.7 Å². The van der Waals surface area contributed by atoms with Crippen LogP contribution in [-0.2, 0) is 5.41 Å². The highest BCUT2D eigenvalue weighted by atomic mass is 19.1. The van der Waals surface area contributed by atoms with Crippen LogP contribution in [0.5, 0.6) is 0 Å². The predicted molar refractivity (Wildman–Crippen MR) is 84.3 cm³/mol. The van der Waals surface area contributed by atoms with Crippen LogP contribution in [0.3, 0.4) is 0 Å². The summed E-state index contributed by atoms with van der Waals surface area (Å²) in [5.41, 5.74) is 2.80. The Morgan fingerprint density at radius 2 is 1.71 bits per heavy atom. The first-order chi connectivity index (χ1) is 9.85. The molecule has 0 amide bonds. The third-order valence-electron chi connectivity index (χ3n) is 4.18. The molecule has 1 nitrogen and oxygen atoms in total. The molecule has 0 aliphatic carbocycles. The highest BCUT2D eigenvalue weighted by Gasteiger charge is 2.19. The normalized spacial score (nSPS) is 11.5. The van der Waals surface area contributed by atoms with Crippen molar-refractivity contribution in [2.75, 3.05) is 0 Å². The van der Waals surface area contributed by atoms with Gasteiger partial charge in [-0.05, 0) is 36.5 Å². The van der Waals surface area contributed by atoms with E-state index in [-0.39, 0.29) is 16.8 Å². The van der Waals surface area contributed by atoms with Gasteiger partial charge in [-0.3, -0.25) is 4.79 Å². The van der Waals surface area contributed by atoms with Crippen LogP contribution in [0.15, 0.2) is 42.5 Å². The Balaban J connectivity index is 2.35. The van der Waals surface area contributed by atoms with Crippen molar-refractivity contribution in [1.82, 2.24) is 0 Å². The molecule has 0 radical (unpaired) electrons. The van der Waals surface area contributed by atoms with E-state index in [1.165, 1.54) is 11.6 Å². The van der Waals surface area contributed by atoms with Crippen molar-refractivity contribution in [2.45, 2.75) is 39.5 Å². The van der Waals surface area contributed by atoms with Crippen molar-refractivity contribution in [3.8, 4) is 0 Å². The average Bonchev–Trinajstić information content (AvgIpc) is 2.49. The standard InChI is InChI=1S/C19H21FO/c1-5-19(3,4)15-9-7-14(8-10-15)18(21)16-12-13(2)6-11-17(16)20/h6-12H,5H2,1-4H3. The summed E-state index contributed by atoms with van der Waals surface area (Å²) < 4.78 is 13.8. The molecule has 2 rings (SSSR count). The molecule has 0 unspecified atom stereocenters. The Morgan fingerprint density at radius 1 is 1.10 bits per heavy atom. The maximum Gasteiger partial charge on any atom is 0.195 e. The molecular weight excluding hydrogens is 263 g/mol. The van der Waals surface area contributed by atoms with Crippen LogP contribution in [-0.4, -0.2) is 5.78 Å². The zero-order valence-electron chi connectivity index (χ0n) is 13.0. The summed E-state index contributed by atoms with van der Waals surface area (Å²) in [7, 11) is 0. The number of halogens is 1. The summed E-state index contributed by atoms with van der Waals surface area (Å²) in [4.78, 5) is 12.4. The Bertz CT molecular complexity index is 654. The van der Waals surface area contributed by atoms with Crippen molar-refractivity contribution in [3.05, 3.63) is 70.5 Å². The predicted octanol–water partition coefficient (Wildman–Crippen LogP) is 5.05. The molecule has 0 aromatic heterocycles. The van der Waals surface area contributed by atoms with Crippen molar-refractivity contribution in [2.24, 2.45) is 0 Å². The lowest BCUT2D eigenvalue weighted by atomic mass is 9.82. The molecule has 110 valence electrons. The minimum absolute atomic E-state index is 0.0795. The van der Waals surface area contributed by atoms with Crippen LogP contribution in [0.2, 0.25) is 0 Å².